The molecule has 4 aromatic rings. The molecule has 10 nitrogen and oxygen atoms in total. The summed E-state index contributed by atoms with van der Waals surface area (Å²) in [5.41, 5.74) is 10.2. The van der Waals surface area contributed by atoms with Gasteiger partial charge in [0, 0.05) is 36.3 Å². The van der Waals surface area contributed by atoms with E-state index in [9.17, 15) is 14.7 Å². The van der Waals surface area contributed by atoms with Gasteiger partial charge < -0.3 is 30.9 Å². The highest BCUT2D eigenvalue weighted by Crippen LogP contribution is 2.40. The van der Waals surface area contributed by atoms with Crippen LogP contribution in [-0.4, -0.2) is 39.0 Å². The number of nitrogens with zero attached hydrogens (tertiary/aromatic N) is 2. The summed E-state index contributed by atoms with van der Waals surface area (Å²) in [6, 6.07) is 22.2. The Balaban J connectivity index is 1.20. The Kier molecular flexibility index (Phi) is 11.0. The van der Waals surface area contributed by atoms with Crippen molar-refractivity contribution in [2.45, 2.75) is 62.1 Å². The number of ether oxygens (including phenoxy) is 2. The molecule has 3 unspecified atom stereocenters. The van der Waals surface area contributed by atoms with Gasteiger partial charge in [-0.05, 0) is 48.7 Å². The molecule has 3 aromatic carbocycles. The smallest absolute Gasteiger partial charge is 0.224 e. The van der Waals surface area contributed by atoms with Crippen molar-refractivity contribution in [1.29, 1.82) is 0 Å². The highest BCUT2D eigenvalue weighted by Gasteiger charge is 2.32. The molecule has 1 saturated heterocycles. The maximum Gasteiger partial charge on any atom is 0.224 e. The molecule has 0 spiro atoms. The Morgan fingerprint density at radius 1 is 0.977 bits per heavy atom. The third kappa shape index (κ3) is 8.87. The second-order valence-corrected chi connectivity index (χ2v) is 12.9. The minimum absolute atomic E-state index is 0.0212. The third-order valence-corrected chi connectivity index (χ3v) is 9.10. The highest BCUT2D eigenvalue weighted by atomic mass is 32.2. The van der Waals surface area contributed by atoms with Crippen LogP contribution in [0.4, 0.5) is 17.1 Å². The summed E-state index contributed by atoms with van der Waals surface area (Å²) in [6.45, 7) is 1.91. The minimum Gasteiger partial charge on any atom is -0.397 e. The van der Waals surface area contributed by atoms with Gasteiger partial charge in [0.2, 0.25) is 11.8 Å². The van der Waals surface area contributed by atoms with Crippen LogP contribution in [0.2, 0.25) is 0 Å². The molecule has 1 aliphatic rings. The van der Waals surface area contributed by atoms with E-state index in [1.54, 1.807) is 47.4 Å². The van der Waals surface area contributed by atoms with Crippen molar-refractivity contribution < 1.29 is 24.2 Å². The molecule has 230 valence electrons. The van der Waals surface area contributed by atoms with Crippen molar-refractivity contribution in [3.8, 4) is 0 Å². The first-order chi connectivity index (χ1) is 21.4. The number of benzene rings is 3. The number of carbonyl (C=O) groups excluding carboxylic acids is 2. The van der Waals surface area contributed by atoms with Gasteiger partial charge in [0.05, 0.1) is 30.2 Å². The number of hydrogen-bond donors (Lipinski definition) is 4. The number of aryl methyl sites for hydroxylation is 1. The fourth-order valence-corrected chi connectivity index (χ4v) is 6.60. The number of anilines is 3. The number of amides is 2. The Morgan fingerprint density at radius 2 is 1.75 bits per heavy atom. The van der Waals surface area contributed by atoms with Gasteiger partial charge in [0.1, 0.15) is 5.01 Å². The molecular weight excluding hydrogens is 599 g/mol. The number of aliphatic hydroxyl groups excluding tert-OH is 1. The quantitative estimate of drug-likeness (QED) is 0.109. The summed E-state index contributed by atoms with van der Waals surface area (Å²) >= 11 is 3.16. The van der Waals surface area contributed by atoms with E-state index in [-0.39, 0.29) is 43.5 Å². The predicted molar refractivity (Wildman–Crippen MR) is 172 cm³/mol. The lowest BCUT2D eigenvalue weighted by Crippen LogP contribution is -2.31. The average Bonchev–Trinajstić information content (AvgIpc) is 3.46. The van der Waals surface area contributed by atoms with E-state index in [1.807, 2.05) is 55.5 Å². The standard InChI is InChI=1S/C32H35N5O5S2/c1-20-36-37-32(44-20)43-19-25-17-28(22-14-12-21(18-38)13-15-22)42-31(41-25)23-6-4-7-24(16-23)34-29(39)10-5-11-30(40)35-27-9-3-2-8-26(27)33/h2-4,6-9,12-16,25,28,31,38H,5,10-11,17-19,33H2,1H3,(H,34,39)(H,35,40). The Morgan fingerprint density at radius 3 is 2.48 bits per heavy atom. The third-order valence-electron chi connectivity index (χ3n) is 7.00. The van der Waals surface area contributed by atoms with Crippen LogP contribution in [0.5, 0.6) is 0 Å². The molecule has 1 aromatic heterocycles. The van der Waals surface area contributed by atoms with Gasteiger partial charge in [-0.15, -0.1) is 10.2 Å². The van der Waals surface area contributed by atoms with Crippen LogP contribution in [0.3, 0.4) is 0 Å². The number of nitrogen functional groups attached to an aromatic ring is 1. The summed E-state index contributed by atoms with van der Waals surface area (Å²) in [7, 11) is 0. The molecule has 2 heterocycles. The lowest BCUT2D eigenvalue weighted by molar-refractivity contribution is -0.245. The number of carbonyl (C=O) groups is 2. The van der Waals surface area contributed by atoms with E-state index < -0.39 is 6.29 Å². The van der Waals surface area contributed by atoms with Crippen LogP contribution in [0.1, 0.15) is 59.8 Å². The molecule has 5 N–H and O–H groups in total. The normalized spacial score (nSPS) is 18.1. The number of nitrogens with one attached hydrogen (secondary N) is 2. The second kappa shape index (κ2) is 15.3. The topological polar surface area (TPSA) is 149 Å². The van der Waals surface area contributed by atoms with Crippen molar-refractivity contribution in [3.05, 3.63) is 94.5 Å². The molecule has 0 saturated carbocycles. The largest absolute Gasteiger partial charge is 0.397 e. The van der Waals surface area contributed by atoms with Crippen LogP contribution < -0.4 is 16.4 Å². The molecule has 1 fully saturated rings. The Hall–Kier alpha value is -3.81. The van der Waals surface area contributed by atoms with Gasteiger partial charge in [0.25, 0.3) is 0 Å². The van der Waals surface area contributed by atoms with Crippen molar-refractivity contribution in [2.75, 3.05) is 22.1 Å². The van der Waals surface area contributed by atoms with Gasteiger partial charge >= 0.3 is 0 Å². The molecule has 0 radical (unpaired) electrons. The molecule has 0 aliphatic carbocycles. The van der Waals surface area contributed by atoms with Crippen LogP contribution >= 0.6 is 23.1 Å². The van der Waals surface area contributed by atoms with Crippen LogP contribution in [0.25, 0.3) is 0 Å². The van der Waals surface area contributed by atoms with Crippen molar-refractivity contribution in [3.63, 3.8) is 0 Å². The van der Waals surface area contributed by atoms with Gasteiger partial charge in [-0.1, -0.05) is 71.6 Å². The Labute approximate surface area is 264 Å². The monoisotopic (exact) mass is 633 g/mol. The molecule has 44 heavy (non-hydrogen) atoms. The fraction of sp³-hybridized carbons (Fsp3) is 0.312. The first-order valence-electron chi connectivity index (χ1n) is 14.3. The van der Waals surface area contributed by atoms with Gasteiger partial charge in [0.15, 0.2) is 10.6 Å². The SMILES string of the molecule is Cc1nnc(SCC2CC(c3ccc(CO)cc3)OC(c3cccc(NC(=O)CCCC(=O)Nc4ccccc4N)c3)O2)s1. The van der Waals surface area contributed by atoms with Crippen molar-refractivity contribution >= 4 is 52.0 Å². The van der Waals surface area contributed by atoms with E-state index >= 15 is 0 Å². The Bertz CT molecular complexity index is 1560. The van der Waals surface area contributed by atoms with E-state index in [0.717, 1.165) is 26.0 Å². The lowest BCUT2D eigenvalue weighted by Gasteiger charge is -2.36. The number of thioether (sulfide) groups is 1. The molecule has 1 aliphatic heterocycles. The van der Waals surface area contributed by atoms with Crippen LogP contribution in [-0.2, 0) is 25.7 Å². The lowest BCUT2D eigenvalue weighted by atomic mass is 10.0. The number of para-hydroxylation sites is 2. The molecule has 2 amide bonds. The number of nitrogens with two attached hydrogens (primary N) is 1. The van der Waals surface area contributed by atoms with E-state index in [2.05, 4.69) is 20.8 Å². The molecule has 5 rings (SSSR count). The van der Waals surface area contributed by atoms with Gasteiger partial charge in [-0.3, -0.25) is 9.59 Å². The van der Waals surface area contributed by atoms with E-state index in [1.165, 1.54) is 0 Å². The summed E-state index contributed by atoms with van der Waals surface area (Å²) in [5, 5.41) is 24.4. The highest BCUT2D eigenvalue weighted by molar-refractivity contribution is 8.01. The molecule has 12 heteroatoms. The second-order valence-electron chi connectivity index (χ2n) is 10.4. The van der Waals surface area contributed by atoms with Crippen LogP contribution in [0.15, 0.2) is 77.1 Å². The number of rotatable bonds is 12. The fourth-order valence-electron chi connectivity index (χ4n) is 4.74. The van der Waals surface area contributed by atoms with Crippen molar-refractivity contribution in [2.24, 2.45) is 0 Å². The summed E-state index contributed by atoms with van der Waals surface area (Å²) in [5.74, 6) is 0.294. The first kappa shape index (κ1) is 31.6. The van der Waals surface area contributed by atoms with E-state index in [0.29, 0.717) is 35.7 Å². The molecule has 0 bridgehead atoms. The summed E-state index contributed by atoms with van der Waals surface area (Å²) < 4.78 is 13.7. The zero-order valence-corrected chi connectivity index (χ0v) is 25.9. The van der Waals surface area contributed by atoms with Crippen molar-refractivity contribution in [1.82, 2.24) is 10.2 Å². The van der Waals surface area contributed by atoms with Gasteiger partial charge in [-0.2, -0.15) is 0 Å². The molecular formula is C32H35N5O5S2. The summed E-state index contributed by atoms with van der Waals surface area (Å²) in [6.07, 6.45) is 0.430. The summed E-state index contributed by atoms with van der Waals surface area (Å²) in [4.78, 5) is 25.0. The maximum absolute atomic E-state index is 12.7. The van der Waals surface area contributed by atoms with Crippen LogP contribution in [0, 0.1) is 6.92 Å². The predicted octanol–water partition coefficient (Wildman–Crippen LogP) is 6.01. The number of hydrogen-bond acceptors (Lipinski definition) is 10. The van der Waals surface area contributed by atoms with Gasteiger partial charge in [-0.25, -0.2) is 0 Å². The average molecular weight is 634 g/mol. The number of aromatic nitrogens is 2. The zero-order valence-electron chi connectivity index (χ0n) is 24.3. The zero-order chi connectivity index (χ0) is 30.9. The maximum atomic E-state index is 12.7. The molecule has 3 atom stereocenters. The minimum atomic E-state index is -0.654. The van der Waals surface area contributed by atoms with E-state index in [4.69, 9.17) is 15.2 Å². The first-order valence-corrected chi connectivity index (χ1v) is 16.1. The number of aliphatic hydroxyl groups is 1.